The summed E-state index contributed by atoms with van der Waals surface area (Å²) in [6, 6.07) is 20.1. The predicted octanol–water partition coefficient (Wildman–Crippen LogP) is 2.74. The highest BCUT2D eigenvalue weighted by atomic mass is 16.3. The number of rotatable bonds is 6. The van der Waals surface area contributed by atoms with E-state index in [1.807, 2.05) is 60.7 Å². The molecule has 0 saturated carbocycles. The minimum Gasteiger partial charge on any atom is -0.396 e. The Morgan fingerprint density at radius 1 is 0.737 bits per heavy atom. The van der Waals surface area contributed by atoms with Crippen molar-refractivity contribution >= 4 is 0 Å². The van der Waals surface area contributed by atoms with Crippen LogP contribution in [0.2, 0.25) is 0 Å². The fourth-order valence-electron chi connectivity index (χ4n) is 2.61. The van der Waals surface area contributed by atoms with Crippen LogP contribution in [0.1, 0.15) is 24.0 Å². The second kappa shape index (κ2) is 6.50. The zero-order chi connectivity index (χ0) is 13.6. The highest BCUT2D eigenvalue weighted by Gasteiger charge is 2.32. The summed E-state index contributed by atoms with van der Waals surface area (Å²) in [4.78, 5) is 0. The molecule has 2 heteroatoms. The molecule has 19 heavy (non-hydrogen) atoms. The molecule has 0 spiro atoms. The van der Waals surface area contributed by atoms with Crippen LogP contribution >= 0.6 is 0 Å². The number of hydrogen-bond donors (Lipinski definition) is 2. The number of aliphatic hydroxyl groups is 2. The van der Waals surface area contributed by atoms with E-state index in [1.54, 1.807) is 0 Å². The van der Waals surface area contributed by atoms with Gasteiger partial charge in [0, 0.05) is 12.0 Å². The van der Waals surface area contributed by atoms with Gasteiger partial charge in [0.1, 0.15) is 0 Å². The van der Waals surface area contributed by atoms with Gasteiger partial charge in [0.2, 0.25) is 0 Å². The van der Waals surface area contributed by atoms with E-state index in [0.717, 1.165) is 17.5 Å². The standard InChI is InChI=1S/C17H20O2/c18-13-7-12-17(14-19,15-8-3-1-4-9-15)16-10-5-2-6-11-16/h1-6,8-11,18-19H,7,12-14H2. The van der Waals surface area contributed by atoms with Crippen LogP contribution in [0.15, 0.2) is 60.7 Å². The molecule has 100 valence electrons. The maximum Gasteiger partial charge on any atom is 0.0568 e. The molecule has 0 fully saturated rings. The maximum absolute atomic E-state index is 10.0. The van der Waals surface area contributed by atoms with Crippen LogP contribution in [0.4, 0.5) is 0 Å². The minimum atomic E-state index is -0.425. The molecule has 0 amide bonds. The molecule has 0 aliphatic rings. The van der Waals surface area contributed by atoms with Gasteiger partial charge in [-0.2, -0.15) is 0 Å². The first kappa shape index (κ1) is 13.8. The molecule has 0 saturated heterocycles. The summed E-state index contributed by atoms with van der Waals surface area (Å²) in [5.41, 5.74) is 1.76. The van der Waals surface area contributed by atoms with Crippen molar-refractivity contribution in [2.75, 3.05) is 13.2 Å². The fraction of sp³-hybridized carbons (Fsp3) is 0.294. The average molecular weight is 256 g/mol. The molecule has 2 N–H and O–H groups in total. The van der Waals surface area contributed by atoms with Crippen molar-refractivity contribution in [2.45, 2.75) is 18.3 Å². The first-order valence-electron chi connectivity index (χ1n) is 6.66. The van der Waals surface area contributed by atoms with E-state index < -0.39 is 5.41 Å². The summed E-state index contributed by atoms with van der Waals surface area (Å²) >= 11 is 0. The van der Waals surface area contributed by atoms with Crippen molar-refractivity contribution in [2.24, 2.45) is 0 Å². The molecule has 2 nitrogen and oxygen atoms in total. The van der Waals surface area contributed by atoms with Crippen LogP contribution in [0.25, 0.3) is 0 Å². The van der Waals surface area contributed by atoms with Crippen molar-refractivity contribution < 1.29 is 10.2 Å². The molecule has 2 rings (SSSR count). The molecule has 0 unspecified atom stereocenters. The second-order valence-electron chi connectivity index (χ2n) is 4.80. The first-order chi connectivity index (χ1) is 9.33. The monoisotopic (exact) mass is 256 g/mol. The normalized spacial score (nSPS) is 11.5. The summed E-state index contributed by atoms with van der Waals surface area (Å²) in [5, 5.41) is 19.2. The lowest BCUT2D eigenvalue weighted by molar-refractivity contribution is 0.194. The molecule has 0 aliphatic heterocycles. The first-order valence-corrected chi connectivity index (χ1v) is 6.66. The second-order valence-corrected chi connectivity index (χ2v) is 4.80. The largest absolute Gasteiger partial charge is 0.396 e. The van der Waals surface area contributed by atoms with Crippen LogP contribution in [0, 0.1) is 0 Å². The molecule has 2 aromatic rings. The maximum atomic E-state index is 10.0. The summed E-state index contributed by atoms with van der Waals surface area (Å²) in [6.07, 6.45) is 1.40. The molecule has 2 aromatic carbocycles. The van der Waals surface area contributed by atoms with Gasteiger partial charge in [-0.05, 0) is 24.0 Å². The van der Waals surface area contributed by atoms with Gasteiger partial charge >= 0.3 is 0 Å². The summed E-state index contributed by atoms with van der Waals surface area (Å²) in [7, 11) is 0. The Morgan fingerprint density at radius 3 is 1.58 bits per heavy atom. The molecule has 0 bridgehead atoms. The topological polar surface area (TPSA) is 40.5 Å². The predicted molar refractivity (Wildman–Crippen MR) is 77.1 cm³/mol. The molecule has 0 radical (unpaired) electrons. The van der Waals surface area contributed by atoms with Crippen LogP contribution in [-0.2, 0) is 5.41 Å². The quantitative estimate of drug-likeness (QED) is 0.834. The Hall–Kier alpha value is -1.64. The molecule has 0 atom stereocenters. The Labute approximate surface area is 114 Å². The highest BCUT2D eigenvalue weighted by molar-refractivity contribution is 5.39. The van der Waals surface area contributed by atoms with Gasteiger partial charge in [-0.3, -0.25) is 0 Å². The fourth-order valence-corrected chi connectivity index (χ4v) is 2.61. The third kappa shape index (κ3) is 2.86. The summed E-state index contributed by atoms with van der Waals surface area (Å²) in [5.74, 6) is 0. The molecule has 0 aromatic heterocycles. The Balaban J connectivity index is 2.48. The van der Waals surface area contributed by atoms with Gasteiger partial charge in [-0.1, -0.05) is 60.7 Å². The van der Waals surface area contributed by atoms with Gasteiger partial charge in [0.15, 0.2) is 0 Å². The van der Waals surface area contributed by atoms with E-state index in [0.29, 0.717) is 6.42 Å². The zero-order valence-corrected chi connectivity index (χ0v) is 11.0. The zero-order valence-electron chi connectivity index (χ0n) is 11.0. The van der Waals surface area contributed by atoms with E-state index in [1.165, 1.54) is 0 Å². The number of aliphatic hydroxyl groups excluding tert-OH is 2. The third-order valence-electron chi connectivity index (χ3n) is 3.68. The number of benzene rings is 2. The van der Waals surface area contributed by atoms with Gasteiger partial charge in [-0.15, -0.1) is 0 Å². The molecular weight excluding hydrogens is 236 g/mol. The Bertz CT molecular complexity index is 440. The molecule has 0 heterocycles. The smallest absolute Gasteiger partial charge is 0.0568 e. The SMILES string of the molecule is OCCCC(CO)(c1ccccc1)c1ccccc1. The lowest BCUT2D eigenvalue weighted by atomic mass is 9.72. The minimum absolute atomic E-state index is 0.0427. The van der Waals surface area contributed by atoms with E-state index in [9.17, 15) is 5.11 Å². The van der Waals surface area contributed by atoms with E-state index in [-0.39, 0.29) is 13.2 Å². The van der Waals surface area contributed by atoms with Crippen molar-refractivity contribution in [3.63, 3.8) is 0 Å². The number of hydrogen-bond acceptors (Lipinski definition) is 2. The van der Waals surface area contributed by atoms with Crippen LogP contribution in [0.3, 0.4) is 0 Å². The Morgan fingerprint density at radius 2 is 1.21 bits per heavy atom. The van der Waals surface area contributed by atoms with Crippen LogP contribution in [-0.4, -0.2) is 23.4 Å². The third-order valence-corrected chi connectivity index (χ3v) is 3.68. The van der Waals surface area contributed by atoms with Crippen LogP contribution < -0.4 is 0 Å². The van der Waals surface area contributed by atoms with Gasteiger partial charge < -0.3 is 10.2 Å². The van der Waals surface area contributed by atoms with Crippen molar-refractivity contribution in [1.82, 2.24) is 0 Å². The van der Waals surface area contributed by atoms with Crippen molar-refractivity contribution in [1.29, 1.82) is 0 Å². The van der Waals surface area contributed by atoms with E-state index >= 15 is 0 Å². The highest BCUT2D eigenvalue weighted by Crippen LogP contribution is 2.36. The van der Waals surface area contributed by atoms with E-state index in [2.05, 4.69) is 0 Å². The van der Waals surface area contributed by atoms with E-state index in [4.69, 9.17) is 5.11 Å². The molecular formula is C17H20O2. The molecule has 0 aliphatic carbocycles. The van der Waals surface area contributed by atoms with Crippen molar-refractivity contribution in [3.05, 3.63) is 71.8 Å². The van der Waals surface area contributed by atoms with Crippen LogP contribution in [0.5, 0.6) is 0 Å². The van der Waals surface area contributed by atoms with Gasteiger partial charge in [0.25, 0.3) is 0 Å². The van der Waals surface area contributed by atoms with Crippen molar-refractivity contribution in [3.8, 4) is 0 Å². The Kier molecular flexibility index (Phi) is 4.72. The lowest BCUT2D eigenvalue weighted by Gasteiger charge is -2.33. The van der Waals surface area contributed by atoms with Gasteiger partial charge in [-0.25, -0.2) is 0 Å². The summed E-state index contributed by atoms with van der Waals surface area (Å²) < 4.78 is 0. The average Bonchev–Trinajstić information content (AvgIpc) is 2.51. The van der Waals surface area contributed by atoms with Gasteiger partial charge in [0.05, 0.1) is 6.61 Å². The summed E-state index contributed by atoms with van der Waals surface area (Å²) in [6.45, 7) is 0.183. The lowest BCUT2D eigenvalue weighted by Crippen LogP contribution is -2.32.